The molecule has 3 aromatic rings. The highest BCUT2D eigenvalue weighted by atomic mass is 35.5. The molecule has 9 heteroatoms. The van der Waals surface area contributed by atoms with Crippen molar-refractivity contribution in [2.75, 3.05) is 24.2 Å². The van der Waals surface area contributed by atoms with Crippen molar-refractivity contribution in [3.05, 3.63) is 76.5 Å². The van der Waals surface area contributed by atoms with Crippen molar-refractivity contribution >= 4 is 52.3 Å². The maximum absolute atomic E-state index is 12.7. The average molecular weight is 430 g/mol. The Bertz CT molecular complexity index is 1030. The maximum atomic E-state index is 12.7. The zero-order valence-electron chi connectivity index (χ0n) is 15.4. The van der Waals surface area contributed by atoms with E-state index < -0.39 is 0 Å². The Hall–Kier alpha value is -3.16. The minimum absolute atomic E-state index is 0.126. The molecular formula is C20H17Cl2N5O2. The number of carbonyl (C=O) groups excluding carboxylic acids is 2. The fraction of sp³-hybridized carbons (Fsp3) is 0.100. The smallest absolute Gasteiger partial charge is 0.254 e. The number of nitrogens with zero attached hydrogens (tertiary/aromatic N) is 3. The lowest BCUT2D eigenvalue weighted by Crippen LogP contribution is -2.34. The summed E-state index contributed by atoms with van der Waals surface area (Å²) in [6.45, 7) is -0.126. The second-order valence-electron chi connectivity index (χ2n) is 6.12. The lowest BCUT2D eigenvalue weighted by Gasteiger charge is -2.17. The number of likely N-dealkylation sites (N-methyl/N-ethyl adjacent to an activating group) is 1. The van der Waals surface area contributed by atoms with Crippen LogP contribution in [0.1, 0.15) is 10.4 Å². The second kappa shape index (κ2) is 9.36. The average Bonchev–Trinajstić information content (AvgIpc) is 2.71. The van der Waals surface area contributed by atoms with E-state index in [1.807, 2.05) is 0 Å². The van der Waals surface area contributed by atoms with Crippen molar-refractivity contribution in [2.45, 2.75) is 0 Å². The number of carbonyl (C=O) groups is 2. The highest BCUT2D eigenvalue weighted by Gasteiger charge is 2.16. The van der Waals surface area contributed by atoms with Gasteiger partial charge in [0.2, 0.25) is 11.9 Å². The summed E-state index contributed by atoms with van der Waals surface area (Å²) in [5, 5.41) is 6.44. The van der Waals surface area contributed by atoms with Crippen LogP contribution in [0.2, 0.25) is 10.0 Å². The molecule has 1 heterocycles. The predicted octanol–water partition coefficient (Wildman–Crippen LogP) is 4.24. The number of anilines is 3. The molecule has 7 nitrogen and oxygen atoms in total. The van der Waals surface area contributed by atoms with E-state index in [9.17, 15) is 9.59 Å². The molecule has 0 bridgehead atoms. The number of benzene rings is 2. The molecule has 1 aromatic heterocycles. The van der Waals surface area contributed by atoms with Gasteiger partial charge in [0.15, 0.2) is 0 Å². The Morgan fingerprint density at radius 2 is 1.72 bits per heavy atom. The number of rotatable bonds is 6. The number of hydrogen-bond acceptors (Lipinski definition) is 5. The Kier molecular flexibility index (Phi) is 6.64. The normalized spacial score (nSPS) is 10.3. The standard InChI is InChI=1S/C20H17Cl2N5O2/c1-27(12-18(28)25-15-6-7-16(21)17(22)11-15)19(29)13-4-2-5-14(10-13)26-20-23-8-3-9-24-20/h2-11H,12H2,1H3,(H,25,28)(H,23,24,26). The molecule has 2 amide bonds. The monoisotopic (exact) mass is 429 g/mol. The summed E-state index contributed by atoms with van der Waals surface area (Å²) in [6.07, 6.45) is 3.23. The number of amides is 2. The van der Waals surface area contributed by atoms with E-state index in [1.165, 1.54) is 4.90 Å². The Morgan fingerprint density at radius 3 is 2.45 bits per heavy atom. The highest BCUT2D eigenvalue weighted by molar-refractivity contribution is 6.42. The van der Waals surface area contributed by atoms with Gasteiger partial charge in [-0.15, -0.1) is 0 Å². The molecule has 0 aliphatic heterocycles. The van der Waals surface area contributed by atoms with Crippen molar-refractivity contribution in [1.29, 1.82) is 0 Å². The third-order valence-electron chi connectivity index (χ3n) is 3.86. The number of hydrogen-bond donors (Lipinski definition) is 2. The first-order valence-electron chi connectivity index (χ1n) is 8.57. The van der Waals surface area contributed by atoms with E-state index in [4.69, 9.17) is 23.2 Å². The topological polar surface area (TPSA) is 87.2 Å². The van der Waals surface area contributed by atoms with Gasteiger partial charge in [0.25, 0.3) is 5.91 Å². The fourth-order valence-corrected chi connectivity index (χ4v) is 2.80. The summed E-state index contributed by atoms with van der Waals surface area (Å²) in [4.78, 5) is 34.4. The molecule has 0 radical (unpaired) electrons. The molecule has 2 N–H and O–H groups in total. The van der Waals surface area contributed by atoms with Crippen LogP contribution in [-0.2, 0) is 4.79 Å². The van der Waals surface area contributed by atoms with Crippen LogP contribution in [0.4, 0.5) is 17.3 Å². The summed E-state index contributed by atoms with van der Waals surface area (Å²) in [5.41, 5.74) is 1.59. The van der Waals surface area contributed by atoms with Crippen LogP contribution in [-0.4, -0.2) is 40.3 Å². The largest absolute Gasteiger partial charge is 0.332 e. The fourth-order valence-electron chi connectivity index (χ4n) is 2.50. The van der Waals surface area contributed by atoms with Gasteiger partial charge >= 0.3 is 0 Å². The van der Waals surface area contributed by atoms with Gasteiger partial charge < -0.3 is 15.5 Å². The lowest BCUT2D eigenvalue weighted by atomic mass is 10.1. The summed E-state index contributed by atoms with van der Waals surface area (Å²) < 4.78 is 0. The summed E-state index contributed by atoms with van der Waals surface area (Å²) >= 11 is 11.8. The van der Waals surface area contributed by atoms with Gasteiger partial charge in [-0.3, -0.25) is 9.59 Å². The van der Waals surface area contributed by atoms with Crippen LogP contribution in [0, 0.1) is 0 Å². The molecule has 0 aliphatic rings. The van der Waals surface area contributed by atoms with Crippen molar-refractivity contribution in [3.63, 3.8) is 0 Å². The SMILES string of the molecule is CN(CC(=O)Nc1ccc(Cl)c(Cl)c1)C(=O)c1cccc(Nc2ncccn2)c1. The van der Waals surface area contributed by atoms with E-state index in [1.54, 1.807) is 68.0 Å². The molecule has 0 fully saturated rings. The summed E-state index contributed by atoms with van der Waals surface area (Å²) in [7, 11) is 1.55. The molecule has 0 atom stereocenters. The quantitative estimate of drug-likeness (QED) is 0.611. The van der Waals surface area contributed by atoms with Crippen LogP contribution >= 0.6 is 23.2 Å². The van der Waals surface area contributed by atoms with Gasteiger partial charge in [0.05, 0.1) is 16.6 Å². The molecule has 0 spiro atoms. The van der Waals surface area contributed by atoms with Crippen molar-refractivity contribution in [1.82, 2.24) is 14.9 Å². The van der Waals surface area contributed by atoms with Crippen molar-refractivity contribution < 1.29 is 9.59 Å². The Balaban J connectivity index is 1.62. The Morgan fingerprint density at radius 1 is 0.966 bits per heavy atom. The number of aromatic nitrogens is 2. The van der Waals surface area contributed by atoms with Crippen LogP contribution < -0.4 is 10.6 Å². The molecule has 0 saturated heterocycles. The summed E-state index contributed by atoms with van der Waals surface area (Å²) in [5.74, 6) is -0.232. The van der Waals surface area contributed by atoms with E-state index >= 15 is 0 Å². The van der Waals surface area contributed by atoms with E-state index in [-0.39, 0.29) is 18.4 Å². The first-order chi connectivity index (χ1) is 13.9. The first-order valence-corrected chi connectivity index (χ1v) is 9.32. The second-order valence-corrected chi connectivity index (χ2v) is 6.93. The molecule has 0 saturated carbocycles. The van der Waals surface area contributed by atoms with Gasteiger partial charge in [-0.05, 0) is 42.5 Å². The van der Waals surface area contributed by atoms with Gasteiger partial charge in [-0.2, -0.15) is 0 Å². The maximum Gasteiger partial charge on any atom is 0.254 e. The minimum atomic E-state index is -0.355. The molecule has 3 rings (SSSR count). The van der Waals surface area contributed by atoms with E-state index in [0.717, 1.165) is 0 Å². The molecular weight excluding hydrogens is 413 g/mol. The predicted molar refractivity (Wildman–Crippen MR) is 114 cm³/mol. The van der Waals surface area contributed by atoms with Crippen molar-refractivity contribution in [2.24, 2.45) is 0 Å². The number of halogens is 2. The van der Waals surface area contributed by atoms with Crippen LogP contribution in [0.5, 0.6) is 0 Å². The third-order valence-corrected chi connectivity index (χ3v) is 4.60. The van der Waals surface area contributed by atoms with Crippen LogP contribution in [0.3, 0.4) is 0 Å². The van der Waals surface area contributed by atoms with Crippen LogP contribution in [0.15, 0.2) is 60.9 Å². The minimum Gasteiger partial charge on any atom is -0.332 e. The molecule has 0 aliphatic carbocycles. The van der Waals surface area contributed by atoms with Gasteiger partial charge in [-0.1, -0.05) is 29.3 Å². The third kappa shape index (κ3) is 5.66. The van der Waals surface area contributed by atoms with Crippen molar-refractivity contribution in [3.8, 4) is 0 Å². The molecule has 148 valence electrons. The summed E-state index contributed by atoms with van der Waals surface area (Å²) in [6, 6.07) is 13.4. The zero-order valence-corrected chi connectivity index (χ0v) is 16.9. The van der Waals surface area contributed by atoms with E-state index in [2.05, 4.69) is 20.6 Å². The Labute approximate surface area is 177 Å². The molecule has 0 unspecified atom stereocenters. The molecule has 2 aromatic carbocycles. The highest BCUT2D eigenvalue weighted by Crippen LogP contribution is 2.25. The van der Waals surface area contributed by atoms with Gasteiger partial charge in [0.1, 0.15) is 0 Å². The van der Waals surface area contributed by atoms with Gasteiger partial charge in [-0.25, -0.2) is 9.97 Å². The molecule has 29 heavy (non-hydrogen) atoms. The van der Waals surface area contributed by atoms with E-state index in [0.29, 0.717) is 32.9 Å². The number of nitrogens with one attached hydrogen (secondary N) is 2. The lowest BCUT2D eigenvalue weighted by molar-refractivity contribution is -0.116. The zero-order chi connectivity index (χ0) is 20.8. The first kappa shape index (κ1) is 20.6. The van der Waals surface area contributed by atoms with Gasteiger partial charge in [0, 0.05) is 36.4 Å². The van der Waals surface area contributed by atoms with Crippen LogP contribution in [0.25, 0.3) is 0 Å².